The summed E-state index contributed by atoms with van der Waals surface area (Å²) in [6, 6.07) is 3.28. The first-order valence-electron chi connectivity index (χ1n) is 9.65. The van der Waals surface area contributed by atoms with Crippen LogP contribution in [-0.2, 0) is 9.59 Å². The van der Waals surface area contributed by atoms with E-state index in [2.05, 4.69) is 6.92 Å². The Balaban J connectivity index is 1.67. The summed E-state index contributed by atoms with van der Waals surface area (Å²) in [6.45, 7) is 3.86. The molecule has 0 aromatic heterocycles. The van der Waals surface area contributed by atoms with Gasteiger partial charge >= 0.3 is 0 Å². The van der Waals surface area contributed by atoms with Gasteiger partial charge in [0.2, 0.25) is 11.8 Å². The first-order chi connectivity index (χ1) is 13.0. The molecule has 0 saturated carbocycles. The number of piperidine rings is 1. The number of anilines is 1. The molecule has 0 aliphatic carbocycles. The highest BCUT2D eigenvalue weighted by Crippen LogP contribution is 2.33. The monoisotopic (exact) mass is 373 g/mol. The Morgan fingerprint density at radius 1 is 1.19 bits per heavy atom. The zero-order valence-corrected chi connectivity index (χ0v) is 15.5. The highest BCUT2D eigenvalue weighted by Gasteiger charge is 2.43. The Morgan fingerprint density at radius 3 is 2.74 bits per heavy atom. The lowest BCUT2D eigenvalue weighted by Gasteiger charge is -2.33. The summed E-state index contributed by atoms with van der Waals surface area (Å²) in [5, 5.41) is 0. The van der Waals surface area contributed by atoms with E-state index in [-0.39, 0.29) is 29.8 Å². The van der Waals surface area contributed by atoms with Gasteiger partial charge in [0.25, 0.3) is 5.91 Å². The van der Waals surface area contributed by atoms with Crippen LogP contribution < -0.4 is 4.90 Å². The maximum Gasteiger partial charge on any atom is 0.256 e. The molecule has 144 valence electrons. The standard InChI is InChI=1S/C20H24FN3O3/c1-13-4-2-8-22(11-13)18(25)12-24-16-7-6-14(21)10-15(16)19(26)23-9-3-5-17(23)20(24)27/h6-7,10,13,17H,2-5,8-9,11-12H2,1H3/t13-,17+/m0/s1. The fourth-order valence-corrected chi connectivity index (χ4v) is 4.45. The van der Waals surface area contributed by atoms with Crippen LogP contribution in [0.5, 0.6) is 0 Å². The van der Waals surface area contributed by atoms with Gasteiger partial charge in [0.1, 0.15) is 18.4 Å². The van der Waals surface area contributed by atoms with Crippen molar-refractivity contribution in [2.75, 3.05) is 31.1 Å². The number of hydrogen-bond donors (Lipinski definition) is 0. The number of fused-ring (bicyclic) bond motifs is 2. The third kappa shape index (κ3) is 3.19. The topological polar surface area (TPSA) is 60.9 Å². The number of nitrogens with zero attached hydrogens (tertiary/aromatic N) is 3. The Kier molecular flexibility index (Phi) is 4.61. The molecule has 2 saturated heterocycles. The van der Waals surface area contributed by atoms with Crippen LogP contribution in [0.25, 0.3) is 0 Å². The van der Waals surface area contributed by atoms with Gasteiger partial charge in [-0.05, 0) is 49.8 Å². The molecular weight excluding hydrogens is 349 g/mol. The van der Waals surface area contributed by atoms with E-state index >= 15 is 0 Å². The highest BCUT2D eigenvalue weighted by atomic mass is 19.1. The number of benzene rings is 1. The van der Waals surface area contributed by atoms with Crippen LogP contribution in [0, 0.1) is 11.7 Å². The second-order valence-electron chi connectivity index (χ2n) is 7.83. The Bertz CT molecular complexity index is 797. The number of carbonyl (C=O) groups excluding carboxylic acids is 3. The van der Waals surface area contributed by atoms with E-state index in [1.807, 2.05) is 0 Å². The average molecular weight is 373 g/mol. The molecule has 1 aromatic rings. The SMILES string of the molecule is C[C@H]1CCCN(C(=O)CN2C(=O)[C@H]3CCCN3C(=O)c3cc(F)ccc32)C1. The van der Waals surface area contributed by atoms with Gasteiger partial charge in [0.05, 0.1) is 11.3 Å². The minimum atomic E-state index is -0.568. The van der Waals surface area contributed by atoms with Crippen molar-refractivity contribution in [1.29, 1.82) is 0 Å². The number of halogens is 1. The van der Waals surface area contributed by atoms with Gasteiger partial charge in [-0.15, -0.1) is 0 Å². The van der Waals surface area contributed by atoms with Crippen LogP contribution in [0.3, 0.4) is 0 Å². The summed E-state index contributed by atoms with van der Waals surface area (Å²) < 4.78 is 13.8. The third-order valence-electron chi connectivity index (χ3n) is 5.85. The maximum atomic E-state index is 13.8. The predicted molar refractivity (Wildman–Crippen MR) is 97.8 cm³/mol. The number of carbonyl (C=O) groups is 3. The van der Waals surface area contributed by atoms with Crippen LogP contribution in [0.4, 0.5) is 10.1 Å². The molecule has 0 spiro atoms. The number of likely N-dealkylation sites (tertiary alicyclic amines) is 1. The first-order valence-corrected chi connectivity index (χ1v) is 9.65. The zero-order valence-electron chi connectivity index (χ0n) is 15.5. The van der Waals surface area contributed by atoms with Crippen molar-refractivity contribution in [3.8, 4) is 0 Å². The smallest absolute Gasteiger partial charge is 0.256 e. The Hall–Kier alpha value is -2.44. The van der Waals surface area contributed by atoms with Gasteiger partial charge in [-0.1, -0.05) is 6.92 Å². The second-order valence-corrected chi connectivity index (χ2v) is 7.83. The van der Waals surface area contributed by atoms with Crippen LogP contribution in [0.1, 0.15) is 43.0 Å². The van der Waals surface area contributed by atoms with Crippen molar-refractivity contribution in [2.24, 2.45) is 5.92 Å². The number of hydrogen-bond acceptors (Lipinski definition) is 3. The lowest BCUT2D eigenvalue weighted by Crippen LogP contribution is -2.50. The fraction of sp³-hybridized carbons (Fsp3) is 0.550. The second kappa shape index (κ2) is 6.94. The molecule has 0 radical (unpaired) electrons. The van der Waals surface area contributed by atoms with E-state index in [1.54, 1.807) is 4.90 Å². The quantitative estimate of drug-likeness (QED) is 0.797. The molecule has 7 heteroatoms. The van der Waals surface area contributed by atoms with Crippen molar-refractivity contribution in [3.63, 3.8) is 0 Å². The van der Waals surface area contributed by atoms with Crippen molar-refractivity contribution < 1.29 is 18.8 Å². The molecular formula is C20H24FN3O3. The molecule has 3 heterocycles. The number of amides is 3. The van der Waals surface area contributed by atoms with Gasteiger partial charge in [-0.2, -0.15) is 0 Å². The van der Waals surface area contributed by atoms with Crippen LogP contribution in [0.2, 0.25) is 0 Å². The van der Waals surface area contributed by atoms with E-state index in [4.69, 9.17) is 0 Å². The molecule has 0 bridgehead atoms. The van der Waals surface area contributed by atoms with Crippen LogP contribution in [0.15, 0.2) is 18.2 Å². The molecule has 3 aliphatic heterocycles. The predicted octanol–water partition coefficient (Wildman–Crippen LogP) is 2.04. The molecule has 3 amide bonds. The maximum absolute atomic E-state index is 13.8. The van der Waals surface area contributed by atoms with E-state index < -0.39 is 11.9 Å². The summed E-state index contributed by atoms with van der Waals surface area (Å²) in [6.07, 6.45) is 3.36. The molecule has 2 fully saturated rings. The third-order valence-corrected chi connectivity index (χ3v) is 5.85. The molecule has 6 nitrogen and oxygen atoms in total. The van der Waals surface area contributed by atoms with Gasteiger partial charge < -0.3 is 14.7 Å². The summed E-state index contributed by atoms with van der Waals surface area (Å²) in [5.74, 6) is -0.783. The fourth-order valence-electron chi connectivity index (χ4n) is 4.45. The van der Waals surface area contributed by atoms with E-state index in [0.29, 0.717) is 37.7 Å². The van der Waals surface area contributed by atoms with Crippen LogP contribution in [-0.4, -0.2) is 59.7 Å². The van der Waals surface area contributed by atoms with E-state index in [1.165, 1.54) is 28.0 Å². The first kappa shape index (κ1) is 17.9. The minimum absolute atomic E-state index is 0.109. The molecule has 2 atom stereocenters. The summed E-state index contributed by atoms with van der Waals surface area (Å²) in [7, 11) is 0. The van der Waals surface area contributed by atoms with Crippen molar-refractivity contribution in [2.45, 2.75) is 38.6 Å². The minimum Gasteiger partial charge on any atom is -0.341 e. The van der Waals surface area contributed by atoms with Gasteiger partial charge in [0, 0.05) is 19.6 Å². The Labute approximate surface area is 157 Å². The zero-order chi connectivity index (χ0) is 19.1. The molecule has 3 aliphatic rings. The average Bonchev–Trinajstić information content (AvgIpc) is 3.12. The van der Waals surface area contributed by atoms with Crippen LogP contribution >= 0.6 is 0 Å². The normalized spacial score (nSPS) is 25.3. The van der Waals surface area contributed by atoms with Crippen molar-refractivity contribution in [3.05, 3.63) is 29.6 Å². The van der Waals surface area contributed by atoms with Crippen molar-refractivity contribution in [1.82, 2.24) is 9.80 Å². The lowest BCUT2D eigenvalue weighted by molar-refractivity contribution is -0.133. The highest BCUT2D eigenvalue weighted by molar-refractivity contribution is 6.12. The summed E-state index contributed by atoms with van der Waals surface area (Å²) in [5.41, 5.74) is 0.492. The van der Waals surface area contributed by atoms with Gasteiger partial charge in [-0.25, -0.2) is 4.39 Å². The lowest BCUT2D eigenvalue weighted by atomic mass is 10.0. The Morgan fingerprint density at radius 2 is 1.96 bits per heavy atom. The summed E-state index contributed by atoms with van der Waals surface area (Å²) in [4.78, 5) is 43.6. The van der Waals surface area contributed by atoms with Gasteiger partial charge in [0.15, 0.2) is 0 Å². The van der Waals surface area contributed by atoms with E-state index in [0.717, 1.165) is 19.3 Å². The molecule has 27 heavy (non-hydrogen) atoms. The summed E-state index contributed by atoms with van der Waals surface area (Å²) >= 11 is 0. The van der Waals surface area contributed by atoms with Crippen molar-refractivity contribution >= 4 is 23.4 Å². The largest absolute Gasteiger partial charge is 0.341 e. The van der Waals surface area contributed by atoms with Gasteiger partial charge in [-0.3, -0.25) is 14.4 Å². The molecule has 0 unspecified atom stereocenters. The molecule has 1 aromatic carbocycles. The van der Waals surface area contributed by atoms with E-state index in [9.17, 15) is 18.8 Å². The molecule has 0 N–H and O–H groups in total. The molecule has 4 rings (SSSR count). The number of rotatable bonds is 2.